The molecule has 2 fully saturated rings. The molecule has 0 aromatic rings. The predicted octanol–water partition coefficient (Wildman–Crippen LogP) is 1.20. The molecule has 3 nitrogen and oxygen atoms in total. The van der Waals surface area contributed by atoms with Crippen LogP contribution in [0.3, 0.4) is 0 Å². The van der Waals surface area contributed by atoms with Gasteiger partial charge in [0.2, 0.25) is 5.91 Å². The third kappa shape index (κ3) is 1.33. The molecular weight excluding hydrogens is 154 g/mol. The number of hydrogen-bond acceptors (Lipinski definition) is 2. The lowest BCUT2D eigenvalue weighted by Gasteiger charge is -2.13. The molecule has 1 aliphatic heterocycles. The van der Waals surface area contributed by atoms with Gasteiger partial charge in [-0.2, -0.15) is 0 Å². The van der Waals surface area contributed by atoms with Crippen molar-refractivity contribution in [1.82, 2.24) is 5.06 Å². The molecule has 2 unspecified atom stereocenters. The van der Waals surface area contributed by atoms with E-state index in [1.54, 1.807) is 5.06 Å². The zero-order valence-corrected chi connectivity index (χ0v) is 7.45. The maximum absolute atomic E-state index is 11.6. The van der Waals surface area contributed by atoms with Crippen molar-refractivity contribution in [1.29, 1.82) is 0 Å². The van der Waals surface area contributed by atoms with Gasteiger partial charge in [0.1, 0.15) is 0 Å². The van der Waals surface area contributed by atoms with Crippen LogP contribution in [0, 0.1) is 11.8 Å². The lowest BCUT2D eigenvalue weighted by Crippen LogP contribution is -2.28. The van der Waals surface area contributed by atoms with Crippen LogP contribution in [0.25, 0.3) is 0 Å². The summed E-state index contributed by atoms with van der Waals surface area (Å²) in [4.78, 5) is 16.8. The van der Waals surface area contributed by atoms with Crippen molar-refractivity contribution in [2.45, 2.75) is 26.2 Å². The number of hydrogen-bond donors (Lipinski definition) is 0. The van der Waals surface area contributed by atoms with Crippen LogP contribution in [0.5, 0.6) is 0 Å². The summed E-state index contributed by atoms with van der Waals surface area (Å²) in [5, 5.41) is 1.56. The van der Waals surface area contributed by atoms with Crippen molar-refractivity contribution in [3.05, 3.63) is 0 Å². The smallest absolute Gasteiger partial charge is 0.249 e. The van der Waals surface area contributed by atoms with E-state index >= 15 is 0 Å². The van der Waals surface area contributed by atoms with Crippen LogP contribution >= 0.6 is 0 Å². The van der Waals surface area contributed by atoms with E-state index in [4.69, 9.17) is 4.84 Å². The van der Waals surface area contributed by atoms with Gasteiger partial charge in [-0.1, -0.05) is 13.3 Å². The highest BCUT2D eigenvalue weighted by Gasteiger charge is 2.44. The van der Waals surface area contributed by atoms with Crippen LogP contribution < -0.4 is 0 Å². The maximum atomic E-state index is 11.6. The first-order valence-electron chi connectivity index (χ1n) is 4.77. The first-order chi connectivity index (χ1) is 5.83. The van der Waals surface area contributed by atoms with Crippen molar-refractivity contribution in [3.63, 3.8) is 0 Å². The number of carbonyl (C=O) groups is 1. The Morgan fingerprint density at radius 1 is 1.67 bits per heavy atom. The molecule has 0 N–H and O–H groups in total. The molecule has 1 saturated carbocycles. The number of nitrogens with zero attached hydrogens (tertiary/aromatic N) is 1. The van der Waals surface area contributed by atoms with Gasteiger partial charge < -0.3 is 0 Å². The summed E-state index contributed by atoms with van der Waals surface area (Å²) in [5.74, 6) is 1.15. The molecule has 2 aliphatic rings. The maximum Gasteiger partial charge on any atom is 0.249 e. The Morgan fingerprint density at radius 3 is 3.00 bits per heavy atom. The lowest BCUT2D eigenvalue weighted by atomic mass is 10.2. The molecule has 68 valence electrons. The van der Waals surface area contributed by atoms with E-state index in [-0.39, 0.29) is 11.8 Å². The van der Waals surface area contributed by atoms with E-state index < -0.39 is 0 Å². The molecule has 0 spiro atoms. The second kappa shape index (κ2) is 3.05. The fraction of sp³-hybridized carbons (Fsp3) is 0.889. The summed E-state index contributed by atoms with van der Waals surface area (Å²) in [5.41, 5.74) is 0. The van der Waals surface area contributed by atoms with Crippen molar-refractivity contribution in [3.8, 4) is 0 Å². The Morgan fingerprint density at radius 2 is 2.50 bits per heavy atom. The van der Waals surface area contributed by atoms with Crippen LogP contribution in [0.2, 0.25) is 0 Å². The highest BCUT2D eigenvalue weighted by molar-refractivity contribution is 5.80. The highest BCUT2D eigenvalue weighted by atomic mass is 16.7. The normalized spacial score (nSPS) is 33.9. The van der Waals surface area contributed by atoms with E-state index in [0.29, 0.717) is 5.92 Å². The van der Waals surface area contributed by atoms with Gasteiger partial charge in [0.25, 0.3) is 0 Å². The molecular formula is C9H15NO2. The topological polar surface area (TPSA) is 29.5 Å². The minimum absolute atomic E-state index is 0.222. The Balaban J connectivity index is 1.84. The Hall–Kier alpha value is -0.570. The Kier molecular flexibility index (Phi) is 2.05. The van der Waals surface area contributed by atoms with Gasteiger partial charge in [-0.3, -0.25) is 9.63 Å². The first kappa shape index (κ1) is 8.05. The van der Waals surface area contributed by atoms with Gasteiger partial charge >= 0.3 is 0 Å². The summed E-state index contributed by atoms with van der Waals surface area (Å²) in [6.07, 6.45) is 3.20. The predicted molar refractivity (Wildman–Crippen MR) is 44.2 cm³/mol. The first-order valence-corrected chi connectivity index (χ1v) is 4.77. The molecule has 0 bridgehead atoms. The molecule has 1 heterocycles. The van der Waals surface area contributed by atoms with Gasteiger partial charge in [-0.15, -0.1) is 0 Å². The van der Waals surface area contributed by atoms with E-state index in [9.17, 15) is 4.79 Å². The van der Waals surface area contributed by atoms with Crippen LogP contribution in [0.15, 0.2) is 0 Å². The van der Waals surface area contributed by atoms with Gasteiger partial charge in [0.15, 0.2) is 0 Å². The van der Waals surface area contributed by atoms with Crippen molar-refractivity contribution in [2.24, 2.45) is 11.8 Å². The summed E-state index contributed by atoms with van der Waals surface area (Å²) >= 11 is 0. The summed E-state index contributed by atoms with van der Waals surface area (Å²) < 4.78 is 0. The fourth-order valence-corrected chi connectivity index (χ4v) is 1.81. The van der Waals surface area contributed by atoms with Crippen LogP contribution in [0.4, 0.5) is 0 Å². The minimum atomic E-state index is 0.222. The standard InChI is InChI=1S/C9H15NO2/c1-2-7-6-8(7)9(11)10-4-3-5-12-10/h7-8H,2-6H2,1H3. The van der Waals surface area contributed by atoms with Gasteiger partial charge in [0, 0.05) is 5.92 Å². The van der Waals surface area contributed by atoms with Gasteiger partial charge in [-0.05, 0) is 18.8 Å². The third-order valence-electron chi connectivity index (χ3n) is 2.76. The molecule has 0 aromatic heterocycles. The molecule has 0 radical (unpaired) electrons. The van der Waals surface area contributed by atoms with Crippen molar-refractivity contribution >= 4 is 5.91 Å². The molecule has 12 heavy (non-hydrogen) atoms. The van der Waals surface area contributed by atoms with E-state index in [1.165, 1.54) is 0 Å². The summed E-state index contributed by atoms with van der Waals surface area (Å²) in [6, 6.07) is 0. The number of hydroxylamine groups is 2. The number of amides is 1. The lowest BCUT2D eigenvalue weighted by molar-refractivity contribution is -0.170. The zero-order valence-electron chi connectivity index (χ0n) is 7.45. The van der Waals surface area contributed by atoms with Gasteiger partial charge in [-0.25, -0.2) is 5.06 Å². The molecule has 3 heteroatoms. The monoisotopic (exact) mass is 169 g/mol. The molecule has 0 aromatic carbocycles. The number of rotatable bonds is 2. The second-order valence-electron chi connectivity index (χ2n) is 3.64. The SMILES string of the molecule is CCC1CC1C(=O)N1CCCO1. The zero-order chi connectivity index (χ0) is 8.55. The van der Waals surface area contributed by atoms with Crippen molar-refractivity contribution in [2.75, 3.05) is 13.2 Å². The largest absolute Gasteiger partial charge is 0.272 e. The van der Waals surface area contributed by atoms with Crippen LogP contribution in [-0.2, 0) is 9.63 Å². The molecule has 2 rings (SSSR count). The average Bonchev–Trinajstić information content (AvgIpc) is 2.68. The second-order valence-corrected chi connectivity index (χ2v) is 3.64. The number of carbonyl (C=O) groups excluding carboxylic acids is 1. The minimum Gasteiger partial charge on any atom is -0.272 e. The average molecular weight is 169 g/mol. The fourth-order valence-electron chi connectivity index (χ4n) is 1.81. The summed E-state index contributed by atoms with van der Waals surface area (Å²) in [7, 11) is 0. The Labute approximate surface area is 72.6 Å². The molecule has 1 saturated heterocycles. The molecule has 1 aliphatic carbocycles. The van der Waals surface area contributed by atoms with Crippen LogP contribution in [-0.4, -0.2) is 24.1 Å². The molecule has 1 amide bonds. The van der Waals surface area contributed by atoms with E-state index in [0.717, 1.165) is 32.4 Å². The van der Waals surface area contributed by atoms with Crippen LogP contribution in [0.1, 0.15) is 26.2 Å². The Bertz CT molecular complexity index is 187. The van der Waals surface area contributed by atoms with Crippen molar-refractivity contribution < 1.29 is 9.63 Å². The van der Waals surface area contributed by atoms with Gasteiger partial charge in [0.05, 0.1) is 13.2 Å². The van der Waals surface area contributed by atoms with E-state index in [2.05, 4.69) is 6.92 Å². The summed E-state index contributed by atoms with van der Waals surface area (Å²) in [6.45, 7) is 3.66. The third-order valence-corrected chi connectivity index (χ3v) is 2.76. The highest BCUT2D eigenvalue weighted by Crippen LogP contribution is 2.42. The molecule has 2 atom stereocenters. The van der Waals surface area contributed by atoms with E-state index in [1.807, 2.05) is 0 Å². The quantitative estimate of drug-likeness (QED) is 0.621.